The Balaban J connectivity index is 0. The molecule has 5 heteroatoms. The van der Waals surface area contributed by atoms with E-state index in [0.29, 0.717) is 6.42 Å². The molecular formula is C26H55N2O3+. The third-order valence-corrected chi connectivity index (χ3v) is 6.19. The molecule has 5 nitrogen and oxygen atoms in total. The second kappa shape index (κ2) is 23.6. The van der Waals surface area contributed by atoms with Gasteiger partial charge in [-0.15, -0.1) is 0 Å². The second-order valence-corrected chi connectivity index (χ2v) is 8.85. The van der Waals surface area contributed by atoms with Gasteiger partial charge >= 0.3 is 0 Å². The molecule has 0 aliphatic rings. The maximum atomic E-state index is 12.1. The molecule has 0 saturated carbocycles. The molecule has 31 heavy (non-hydrogen) atoms. The number of nitrogens with zero attached hydrogens (tertiary/aromatic N) is 1. The van der Waals surface area contributed by atoms with Crippen LogP contribution in [-0.4, -0.2) is 41.2 Å². The number of nitrogens with one attached hydrogen (secondary N) is 1. The molecule has 0 atom stereocenters. The summed E-state index contributed by atoms with van der Waals surface area (Å²) in [6, 6.07) is 0. The maximum Gasteiger partial charge on any atom is 0.300 e. The van der Waals surface area contributed by atoms with Crippen LogP contribution >= 0.6 is 0 Å². The van der Waals surface area contributed by atoms with Crippen LogP contribution in [0.3, 0.4) is 0 Å². The summed E-state index contributed by atoms with van der Waals surface area (Å²) in [5.74, 6) is -0.602. The number of amides is 1. The van der Waals surface area contributed by atoms with Gasteiger partial charge in [-0.05, 0) is 27.2 Å². The Morgan fingerprint density at radius 2 is 0.903 bits per heavy atom. The first-order valence-electron chi connectivity index (χ1n) is 13.2. The quantitative estimate of drug-likeness (QED) is 0.118. The van der Waals surface area contributed by atoms with Crippen LogP contribution in [0, 0.1) is 0 Å². The average Bonchev–Trinajstić information content (AvgIpc) is 2.74. The molecule has 0 aliphatic heterocycles. The molecule has 0 fully saturated rings. The lowest BCUT2D eigenvalue weighted by molar-refractivity contribution is -0.956. The summed E-state index contributed by atoms with van der Waals surface area (Å²) in [5, 5.41) is 7.42. The van der Waals surface area contributed by atoms with Gasteiger partial charge in [0.05, 0.1) is 19.6 Å². The molecule has 0 radical (unpaired) electrons. The Kier molecular flexibility index (Phi) is 24.4. The van der Waals surface area contributed by atoms with Gasteiger partial charge in [0, 0.05) is 13.3 Å². The van der Waals surface area contributed by atoms with E-state index in [1.54, 1.807) is 0 Å². The largest absolute Gasteiger partial charge is 0.481 e. The summed E-state index contributed by atoms with van der Waals surface area (Å²) in [6.45, 7) is 12.7. The van der Waals surface area contributed by atoms with Crippen LogP contribution in [0.2, 0.25) is 0 Å². The molecule has 0 aromatic rings. The SMILES string of the molecule is CC(=O)O.CCCCCCCCCCCCCCCCCC(=O)N[N+](CC)(CC)CC. The van der Waals surface area contributed by atoms with Crippen LogP contribution in [0.5, 0.6) is 0 Å². The number of hydrogen-bond acceptors (Lipinski definition) is 2. The van der Waals surface area contributed by atoms with Gasteiger partial charge in [0.1, 0.15) is 0 Å². The van der Waals surface area contributed by atoms with E-state index in [1.165, 1.54) is 89.9 Å². The zero-order chi connectivity index (χ0) is 23.8. The smallest absolute Gasteiger partial charge is 0.300 e. The van der Waals surface area contributed by atoms with Crippen molar-refractivity contribution in [1.82, 2.24) is 5.43 Å². The molecule has 0 rings (SSSR count). The van der Waals surface area contributed by atoms with Gasteiger partial charge in [0.15, 0.2) is 0 Å². The van der Waals surface area contributed by atoms with E-state index < -0.39 is 5.97 Å². The van der Waals surface area contributed by atoms with Gasteiger partial charge < -0.3 is 5.11 Å². The molecule has 0 aromatic heterocycles. The summed E-state index contributed by atoms with van der Waals surface area (Å²) in [4.78, 5) is 21.1. The van der Waals surface area contributed by atoms with Crippen molar-refractivity contribution >= 4 is 11.9 Å². The Bertz CT molecular complexity index is 397. The molecule has 0 spiro atoms. The molecule has 0 heterocycles. The predicted octanol–water partition coefficient (Wildman–Crippen LogP) is 7.25. The minimum Gasteiger partial charge on any atom is -0.481 e. The molecule has 0 aromatic carbocycles. The van der Waals surface area contributed by atoms with E-state index in [-0.39, 0.29) is 5.91 Å². The number of quaternary nitrogens is 1. The number of hydrogen-bond donors (Lipinski definition) is 2. The number of carboxylic acids is 1. The van der Waals surface area contributed by atoms with Crippen molar-refractivity contribution in [3.05, 3.63) is 0 Å². The molecule has 1 amide bonds. The zero-order valence-corrected chi connectivity index (χ0v) is 21.6. The third kappa shape index (κ3) is 23.4. The van der Waals surface area contributed by atoms with Crippen LogP contribution in [0.15, 0.2) is 0 Å². The number of unbranched alkanes of at least 4 members (excludes halogenated alkanes) is 14. The lowest BCUT2D eigenvalue weighted by atomic mass is 10.0. The summed E-state index contributed by atoms with van der Waals surface area (Å²) in [6.07, 6.45) is 21.2. The van der Waals surface area contributed by atoms with Crippen LogP contribution < -0.4 is 5.43 Å². The van der Waals surface area contributed by atoms with E-state index in [9.17, 15) is 4.79 Å². The summed E-state index contributed by atoms with van der Waals surface area (Å²) in [7, 11) is 0. The standard InChI is InChI=1S/C24H50N2O.C2H4O2/c1-5-9-10-11-12-13-14-15-16-17-18-19-20-21-22-23-24(27)25-26(6-2,7-3)8-4;1-2(3)4/h5-23H2,1-4H3;1H3,(H,3,4)/p+1. The van der Waals surface area contributed by atoms with Crippen molar-refractivity contribution in [2.24, 2.45) is 0 Å². The van der Waals surface area contributed by atoms with Gasteiger partial charge in [-0.3, -0.25) is 9.59 Å². The molecule has 0 unspecified atom stereocenters. The fraction of sp³-hybridized carbons (Fsp3) is 0.923. The Morgan fingerprint density at radius 1 is 0.613 bits per heavy atom. The first kappa shape index (κ1) is 32.1. The highest BCUT2D eigenvalue weighted by Crippen LogP contribution is 2.13. The Hall–Kier alpha value is -1.10. The molecule has 0 saturated heterocycles. The van der Waals surface area contributed by atoms with Crippen LogP contribution in [0.1, 0.15) is 137 Å². The topological polar surface area (TPSA) is 66.4 Å². The molecule has 2 N–H and O–H groups in total. The van der Waals surface area contributed by atoms with Crippen molar-refractivity contribution in [1.29, 1.82) is 0 Å². The maximum absolute atomic E-state index is 12.1. The molecule has 0 bridgehead atoms. The highest BCUT2D eigenvalue weighted by atomic mass is 16.4. The number of carbonyl (C=O) groups is 2. The van der Waals surface area contributed by atoms with Crippen molar-refractivity contribution < 1.29 is 19.3 Å². The molecule has 0 aliphatic carbocycles. The number of aliphatic carboxylic acids is 1. The van der Waals surface area contributed by atoms with Gasteiger partial charge in [-0.25, -0.2) is 10.0 Å². The van der Waals surface area contributed by atoms with E-state index in [4.69, 9.17) is 9.90 Å². The van der Waals surface area contributed by atoms with Crippen molar-refractivity contribution in [3.8, 4) is 0 Å². The second-order valence-electron chi connectivity index (χ2n) is 8.85. The van der Waals surface area contributed by atoms with Crippen LogP contribution in [0.25, 0.3) is 0 Å². The highest BCUT2D eigenvalue weighted by molar-refractivity contribution is 5.74. The normalized spacial score (nSPS) is 11.0. The zero-order valence-electron chi connectivity index (χ0n) is 21.6. The van der Waals surface area contributed by atoms with Crippen molar-refractivity contribution in [3.63, 3.8) is 0 Å². The van der Waals surface area contributed by atoms with Gasteiger partial charge in [0.2, 0.25) is 0 Å². The Labute approximate surface area is 193 Å². The van der Waals surface area contributed by atoms with Crippen molar-refractivity contribution in [2.75, 3.05) is 19.6 Å². The van der Waals surface area contributed by atoms with E-state index in [2.05, 4.69) is 33.1 Å². The molecule has 186 valence electrons. The monoisotopic (exact) mass is 443 g/mol. The lowest BCUT2D eigenvalue weighted by Crippen LogP contribution is -2.59. The van der Waals surface area contributed by atoms with Crippen molar-refractivity contribution in [2.45, 2.75) is 137 Å². The number of carbonyl (C=O) groups excluding carboxylic acids is 1. The average molecular weight is 444 g/mol. The highest BCUT2D eigenvalue weighted by Gasteiger charge is 2.23. The van der Waals surface area contributed by atoms with E-state index in [1.807, 2.05) is 0 Å². The fourth-order valence-electron chi connectivity index (χ4n) is 3.89. The first-order chi connectivity index (χ1) is 14.9. The number of rotatable bonds is 20. The third-order valence-electron chi connectivity index (χ3n) is 6.19. The minimum absolute atomic E-state index is 0.232. The fourth-order valence-corrected chi connectivity index (χ4v) is 3.89. The van der Waals surface area contributed by atoms with E-state index >= 15 is 0 Å². The van der Waals surface area contributed by atoms with Gasteiger partial charge in [0.25, 0.3) is 11.9 Å². The summed E-state index contributed by atoms with van der Waals surface area (Å²) in [5.41, 5.74) is 3.23. The van der Waals surface area contributed by atoms with Crippen LogP contribution in [0.4, 0.5) is 0 Å². The van der Waals surface area contributed by atoms with E-state index in [0.717, 1.165) is 37.6 Å². The van der Waals surface area contributed by atoms with Crippen LogP contribution in [-0.2, 0) is 9.59 Å². The predicted molar refractivity (Wildman–Crippen MR) is 133 cm³/mol. The minimum atomic E-state index is -0.833. The number of carboxylic acid groups (broad SMARTS) is 1. The van der Waals surface area contributed by atoms with Gasteiger partial charge in [-0.1, -0.05) is 96.8 Å². The lowest BCUT2D eigenvalue weighted by Gasteiger charge is -2.34. The molecular weight excluding hydrogens is 388 g/mol. The summed E-state index contributed by atoms with van der Waals surface area (Å²) < 4.78 is 0.720. The Morgan fingerprint density at radius 3 is 1.19 bits per heavy atom. The first-order valence-corrected chi connectivity index (χ1v) is 13.2. The van der Waals surface area contributed by atoms with Gasteiger partial charge in [-0.2, -0.15) is 0 Å². The summed E-state index contributed by atoms with van der Waals surface area (Å²) >= 11 is 0.